The Morgan fingerprint density at radius 2 is 1.83 bits per heavy atom. The molecule has 4 bridgehead atoms. The predicted molar refractivity (Wildman–Crippen MR) is 83.3 cm³/mol. The van der Waals surface area contributed by atoms with Gasteiger partial charge in [0.15, 0.2) is 0 Å². The summed E-state index contributed by atoms with van der Waals surface area (Å²) < 4.78 is 5.56. The summed E-state index contributed by atoms with van der Waals surface area (Å²) >= 11 is 0. The van der Waals surface area contributed by atoms with Crippen LogP contribution in [-0.4, -0.2) is 23.1 Å². The molecule has 3 saturated carbocycles. The smallest absolute Gasteiger partial charge is 0.306 e. The van der Waals surface area contributed by atoms with Gasteiger partial charge >= 0.3 is 5.97 Å². The lowest BCUT2D eigenvalue weighted by atomic mass is 9.69. The molecule has 0 heterocycles. The number of ketones is 2. The second kappa shape index (κ2) is 4.78. The van der Waals surface area contributed by atoms with E-state index in [9.17, 15) is 14.4 Å². The number of esters is 1. The van der Waals surface area contributed by atoms with E-state index in [-0.39, 0.29) is 47.4 Å². The van der Waals surface area contributed by atoms with Crippen LogP contribution in [0.4, 0.5) is 0 Å². The molecule has 0 amide bonds. The number of carbonyl (C=O) groups excluding carboxylic acids is 3. The Bertz CT molecular complexity index is 617. The zero-order valence-electron chi connectivity index (χ0n) is 14.0. The Labute approximate surface area is 136 Å². The maximum Gasteiger partial charge on any atom is 0.306 e. The van der Waals surface area contributed by atoms with Gasteiger partial charge in [0.25, 0.3) is 0 Å². The lowest BCUT2D eigenvalue weighted by molar-refractivity contribution is -0.158. The molecule has 0 aromatic carbocycles. The van der Waals surface area contributed by atoms with Crippen molar-refractivity contribution < 1.29 is 19.1 Å². The molecule has 0 saturated heterocycles. The van der Waals surface area contributed by atoms with E-state index < -0.39 is 5.60 Å². The van der Waals surface area contributed by atoms with Crippen LogP contribution in [0.2, 0.25) is 0 Å². The van der Waals surface area contributed by atoms with E-state index in [1.54, 1.807) is 0 Å². The molecule has 0 N–H and O–H groups in total. The van der Waals surface area contributed by atoms with Crippen molar-refractivity contribution in [3.8, 4) is 0 Å². The van der Waals surface area contributed by atoms with Gasteiger partial charge in [0.1, 0.15) is 17.2 Å². The molecule has 124 valence electrons. The Morgan fingerprint density at radius 3 is 2.48 bits per heavy atom. The molecule has 0 radical (unpaired) electrons. The van der Waals surface area contributed by atoms with Gasteiger partial charge in [-0.3, -0.25) is 14.4 Å². The number of carbonyl (C=O) groups is 3. The first-order valence-electron chi connectivity index (χ1n) is 8.81. The van der Waals surface area contributed by atoms with Gasteiger partial charge in [0.05, 0.1) is 0 Å². The number of hydrogen-bond acceptors (Lipinski definition) is 4. The van der Waals surface area contributed by atoms with Crippen molar-refractivity contribution in [1.82, 2.24) is 0 Å². The third-order valence-corrected chi connectivity index (χ3v) is 6.76. The van der Waals surface area contributed by atoms with Crippen molar-refractivity contribution in [2.24, 2.45) is 41.4 Å². The van der Waals surface area contributed by atoms with Crippen LogP contribution in [0.5, 0.6) is 0 Å². The van der Waals surface area contributed by atoms with Gasteiger partial charge in [-0.05, 0) is 44.4 Å². The normalized spacial score (nSPS) is 43.3. The van der Waals surface area contributed by atoms with Crippen molar-refractivity contribution in [2.75, 3.05) is 0 Å². The van der Waals surface area contributed by atoms with Crippen molar-refractivity contribution in [3.05, 3.63) is 12.2 Å². The van der Waals surface area contributed by atoms with E-state index >= 15 is 0 Å². The summed E-state index contributed by atoms with van der Waals surface area (Å²) in [5.74, 6) is 0.618. The Hall–Kier alpha value is -1.45. The highest BCUT2D eigenvalue weighted by molar-refractivity contribution is 5.99. The average molecular weight is 316 g/mol. The lowest BCUT2D eigenvalue weighted by Gasteiger charge is -2.34. The molecule has 4 aliphatic carbocycles. The van der Waals surface area contributed by atoms with Crippen molar-refractivity contribution in [1.29, 1.82) is 0 Å². The second-order valence-electron chi connectivity index (χ2n) is 8.32. The zero-order chi connectivity index (χ0) is 16.5. The predicted octanol–water partition coefficient (Wildman–Crippen LogP) is 2.56. The first-order valence-corrected chi connectivity index (χ1v) is 8.81. The second-order valence-corrected chi connectivity index (χ2v) is 8.32. The van der Waals surface area contributed by atoms with E-state index in [2.05, 4.69) is 0 Å². The zero-order valence-corrected chi connectivity index (χ0v) is 14.0. The molecular weight excluding hydrogens is 292 g/mol. The maximum atomic E-state index is 12.6. The fourth-order valence-electron chi connectivity index (χ4n) is 5.51. The summed E-state index contributed by atoms with van der Waals surface area (Å²) in [7, 11) is 0. The number of allylic oxidation sites excluding steroid dienone is 2. The van der Waals surface area contributed by atoms with Crippen molar-refractivity contribution >= 4 is 17.5 Å². The van der Waals surface area contributed by atoms with E-state index in [1.807, 2.05) is 32.9 Å². The Morgan fingerprint density at radius 1 is 1.17 bits per heavy atom. The summed E-state index contributed by atoms with van der Waals surface area (Å²) in [4.78, 5) is 37.2. The standard InChI is InChI=1S/C19H24O4/c1-4-19(2,3)23-13(20)8-9-7-12-15-10-5-6-11(17(10)21)16(15)14(9)18(12)22/h5-6,9-12,14-16H,4,7-8H2,1-3H3. The molecular formula is C19H24O4. The van der Waals surface area contributed by atoms with Gasteiger partial charge in [0, 0.05) is 30.1 Å². The van der Waals surface area contributed by atoms with Gasteiger partial charge < -0.3 is 4.74 Å². The van der Waals surface area contributed by atoms with Crippen LogP contribution in [-0.2, 0) is 19.1 Å². The minimum Gasteiger partial charge on any atom is -0.460 e. The largest absolute Gasteiger partial charge is 0.460 e. The summed E-state index contributed by atoms with van der Waals surface area (Å²) in [5.41, 5.74) is -0.452. The summed E-state index contributed by atoms with van der Waals surface area (Å²) in [6.45, 7) is 5.81. The molecule has 4 heteroatoms. The highest BCUT2D eigenvalue weighted by atomic mass is 16.6. The van der Waals surface area contributed by atoms with Crippen LogP contribution in [0.15, 0.2) is 12.2 Å². The summed E-state index contributed by atoms with van der Waals surface area (Å²) in [6, 6.07) is 0. The fraction of sp³-hybridized carbons (Fsp3) is 0.737. The average Bonchev–Trinajstić information content (AvgIpc) is 3.16. The minimum absolute atomic E-state index is 0.00844. The van der Waals surface area contributed by atoms with E-state index in [1.165, 1.54) is 0 Å². The highest BCUT2D eigenvalue weighted by Crippen LogP contribution is 2.64. The summed E-state index contributed by atoms with van der Waals surface area (Å²) in [6.07, 6.45) is 5.85. The number of fused-ring (bicyclic) bond motifs is 9. The molecule has 4 nitrogen and oxygen atoms in total. The first-order chi connectivity index (χ1) is 10.8. The highest BCUT2D eigenvalue weighted by Gasteiger charge is 2.68. The van der Waals surface area contributed by atoms with E-state index in [4.69, 9.17) is 4.74 Å². The molecule has 3 fully saturated rings. The Balaban J connectivity index is 1.50. The molecule has 0 spiro atoms. The molecule has 0 aromatic heterocycles. The molecule has 0 aliphatic heterocycles. The van der Waals surface area contributed by atoms with Crippen LogP contribution in [0, 0.1) is 41.4 Å². The SMILES string of the molecule is CCC(C)(C)OC(=O)CC1CC2C(=O)C1C1C3C=CC(C3=O)C21. The van der Waals surface area contributed by atoms with Crippen LogP contribution in [0.3, 0.4) is 0 Å². The van der Waals surface area contributed by atoms with Crippen molar-refractivity contribution in [2.45, 2.75) is 45.6 Å². The number of rotatable bonds is 4. The fourth-order valence-corrected chi connectivity index (χ4v) is 5.51. The van der Waals surface area contributed by atoms with E-state index in [0.29, 0.717) is 18.0 Å². The lowest BCUT2D eigenvalue weighted by Crippen LogP contribution is -2.34. The topological polar surface area (TPSA) is 60.4 Å². The summed E-state index contributed by atoms with van der Waals surface area (Å²) in [5, 5.41) is 0. The van der Waals surface area contributed by atoms with Gasteiger partial charge in [-0.15, -0.1) is 0 Å². The van der Waals surface area contributed by atoms with Gasteiger partial charge in [0.2, 0.25) is 0 Å². The molecule has 4 aliphatic rings. The molecule has 7 atom stereocenters. The molecule has 4 rings (SSSR count). The van der Waals surface area contributed by atoms with Crippen LogP contribution in [0.1, 0.15) is 40.0 Å². The van der Waals surface area contributed by atoms with Crippen LogP contribution < -0.4 is 0 Å². The first kappa shape index (κ1) is 15.1. The monoisotopic (exact) mass is 316 g/mol. The van der Waals surface area contributed by atoms with Gasteiger partial charge in [-0.2, -0.15) is 0 Å². The number of Topliss-reactive ketones (excluding diaryl/α,β-unsaturated/α-hetero) is 2. The van der Waals surface area contributed by atoms with Crippen LogP contribution >= 0.6 is 0 Å². The quantitative estimate of drug-likeness (QED) is 0.454. The third kappa shape index (κ3) is 1.99. The molecule has 7 unspecified atom stereocenters. The third-order valence-electron chi connectivity index (χ3n) is 6.76. The molecule has 23 heavy (non-hydrogen) atoms. The molecule has 0 aromatic rings. The Kier molecular flexibility index (Phi) is 3.14. The number of ether oxygens (including phenoxy) is 1. The van der Waals surface area contributed by atoms with Crippen LogP contribution in [0.25, 0.3) is 0 Å². The van der Waals surface area contributed by atoms with Gasteiger partial charge in [-0.25, -0.2) is 0 Å². The van der Waals surface area contributed by atoms with Gasteiger partial charge in [-0.1, -0.05) is 19.1 Å². The van der Waals surface area contributed by atoms with Crippen molar-refractivity contribution in [3.63, 3.8) is 0 Å². The minimum atomic E-state index is -0.452. The number of hydrogen-bond donors (Lipinski definition) is 0. The maximum absolute atomic E-state index is 12.6. The van der Waals surface area contributed by atoms with E-state index in [0.717, 1.165) is 12.8 Å².